The number of halogens is 2. The maximum Gasteiger partial charge on any atom is 0.278 e. The van der Waals surface area contributed by atoms with Gasteiger partial charge in [-0.15, -0.1) is 0 Å². The van der Waals surface area contributed by atoms with Crippen LogP contribution in [0.3, 0.4) is 0 Å². The summed E-state index contributed by atoms with van der Waals surface area (Å²) < 4.78 is 27.7. The molecule has 2 heterocycles. The Bertz CT molecular complexity index is 1530. The SMILES string of the molecule is CSc1nc(C(=O)Nc2ccc(Oc3cc4cnn(C)c4cc3Br)cc2)c(-c2ccc(F)cc2)o1. The second-order valence-corrected chi connectivity index (χ2v) is 9.17. The number of rotatable bonds is 6. The molecule has 0 unspecified atom stereocenters. The van der Waals surface area contributed by atoms with Crippen LogP contribution in [0, 0.1) is 5.82 Å². The van der Waals surface area contributed by atoms with Gasteiger partial charge in [-0.05, 0) is 82.8 Å². The highest BCUT2D eigenvalue weighted by molar-refractivity contribution is 9.10. The Hall–Kier alpha value is -3.63. The van der Waals surface area contributed by atoms with Gasteiger partial charge in [0.05, 0.1) is 16.2 Å². The van der Waals surface area contributed by atoms with Gasteiger partial charge in [0.15, 0.2) is 11.5 Å². The summed E-state index contributed by atoms with van der Waals surface area (Å²) in [4.78, 5) is 17.3. The summed E-state index contributed by atoms with van der Waals surface area (Å²) in [6.07, 6.45) is 3.57. The van der Waals surface area contributed by atoms with E-state index in [2.05, 4.69) is 31.3 Å². The van der Waals surface area contributed by atoms with Gasteiger partial charge in [0.1, 0.15) is 17.3 Å². The fraction of sp³-hybridized carbons (Fsp3) is 0.0800. The van der Waals surface area contributed by atoms with Crippen molar-refractivity contribution in [3.8, 4) is 22.8 Å². The molecule has 0 spiro atoms. The zero-order chi connectivity index (χ0) is 24.5. The molecule has 1 N–H and O–H groups in total. The predicted molar refractivity (Wildman–Crippen MR) is 137 cm³/mol. The molecule has 0 saturated carbocycles. The second-order valence-electron chi connectivity index (χ2n) is 7.56. The van der Waals surface area contributed by atoms with Gasteiger partial charge >= 0.3 is 0 Å². The number of benzene rings is 3. The van der Waals surface area contributed by atoms with Crippen LogP contribution in [0.15, 0.2) is 81.0 Å². The van der Waals surface area contributed by atoms with Gasteiger partial charge in [-0.1, -0.05) is 11.8 Å². The number of oxazole rings is 1. The summed E-state index contributed by atoms with van der Waals surface area (Å²) in [5.74, 6) is 0.719. The number of aromatic nitrogens is 3. The van der Waals surface area contributed by atoms with E-state index in [-0.39, 0.29) is 17.3 Å². The number of ether oxygens (including phenoxy) is 1. The van der Waals surface area contributed by atoms with E-state index in [1.54, 1.807) is 53.5 Å². The molecule has 2 aromatic heterocycles. The molecule has 0 aliphatic heterocycles. The summed E-state index contributed by atoms with van der Waals surface area (Å²) in [6.45, 7) is 0. The van der Waals surface area contributed by atoms with Gasteiger partial charge in [-0.25, -0.2) is 4.39 Å². The van der Waals surface area contributed by atoms with Crippen molar-refractivity contribution in [2.24, 2.45) is 7.05 Å². The van der Waals surface area contributed by atoms with E-state index in [1.165, 1.54) is 23.9 Å². The third kappa shape index (κ3) is 4.80. The molecule has 5 rings (SSSR count). The number of fused-ring (bicyclic) bond motifs is 1. The number of hydrogen-bond donors (Lipinski definition) is 1. The van der Waals surface area contributed by atoms with Crippen LogP contribution >= 0.6 is 27.7 Å². The van der Waals surface area contributed by atoms with E-state index in [4.69, 9.17) is 9.15 Å². The average molecular weight is 553 g/mol. The smallest absolute Gasteiger partial charge is 0.278 e. The fourth-order valence-electron chi connectivity index (χ4n) is 3.49. The maximum absolute atomic E-state index is 13.3. The lowest BCUT2D eigenvalue weighted by Gasteiger charge is -2.10. The molecule has 5 aromatic rings. The summed E-state index contributed by atoms with van der Waals surface area (Å²) in [6, 6.07) is 16.5. The highest BCUT2D eigenvalue weighted by Gasteiger charge is 2.22. The fourth-order valence-corrected chi connectivity index (χ4v) is 4.26. The zero-order valence-electron chi connectivity index (χ0n) is 18.6. The van der Waals surface area contributed by atoms with Crippen LogP contribution in [0.4, 0.5) is 10.1 Å². The van der Waals surface area contributed by atoms with Gasteiger partial charge < -0.3 is 14.5 Å². The van der Waals surface area contributed by atoms with Crippen molar-refractivity contribution in [2.45, 2.75) is 5.22 Å². The molecule has 1 amide bonds. The molecular weight excluding hydrogens is 535 g/mol. The largest absolute Gasteiger partial charge is 0.456 e. The third-order valence-electron chi connectivity index (χ3n) is 5.24. The van der Waals surface area contributed by atoms with E-state index >= 15 is 0 Å². The Morgan fingerprint density at radius 2 is 1.89 bits per heavy atom. The molecule has 0 atom stereocenters. The monoisotopic (exact) mass is 552 g/mol. The van der Waals surface area contributed by atoms with Gasteiger partial charge in [0.25, 0.3) is 11.1 Å². The van der Waals surface area contributed by atoms with E-state index in [9.17, 15) is 9.18 Å². The number of nitrogens with zero attached hydrogens (tertiary/aromatic N) is 3. The van der Waals surface area contributed by atoms with Crippen molar-refractivity contribution in [2.75, 3.05) is 11.6 Å². The van der Waals surface area contributed by atoms with Crippen molar-refractivity contribution in [1.29, 1.82) is 0 Å². The first-order valence-corrected chi connectivity index (χ1v) is 12.4. The molecule has 35 heavy (non-hydrogen) atoms. The summed E-state index contributed by atoms with van der Waals surface area (Å²) in [5, 5.41) is 8.39. The number of aryl methyl sites for hydroxylation is 1. The van der Waals surface area contributed by atoms with Crippen LogP contribution < -0.4 is 10.1 Å². The van der Waals surface area contributed by atoms with Crippen LogP contribution in [-0.4, -0.2) is 26.9 Å². The van der Waals surface area contributed by atoms with Crippen LogP contribution in [0.2, 0.25) is 0 Å². The van der Waals surface area contributed by atoms with Crippen LogP contribution in [0.25, 0.3) is 22.2 Å². The predicted octanol–water partition coefficient (Wildman–Crippen LogP) is 6.90. The van der Waals surface area contributed by atoms with Crippen LogP contribution in [0.1, 0.15) is 10.5 Å². The third-order valence-corrected chi connectivity index (χ3v) is 6.39. The van der Waals surface area contributed by atoms with Gasteiger partial charge in [0.2, 0.25) is 0 Å². The normalized spacial score (nSPS) is 11.1. The van der Waals surface area contributed by atoms with Crippen molar-refractivity contribution in [3.63, 3.8) is 0 Å². The Morgan fingerprint density at radius 1 is 1.14 bits per heavy atom. The molecule has 0 aliphatic carbocycles. The minimum atomic E-state index is -0.438. The number of carbonyl (C=O) groups is 1. The highest BCUT2D eigenvalue weighted by Crippen LogP contribution is 2.34. The van der Waals surface area contributed by atoms with E-state index in [0.717, 1.165) is 15.4 Å². The van der Waals surface area contributed by atoms with Gasteiger partial charge in [-0.3, -0.25) is 9.48 Å². The maximum atomic E-state index is 13.3. The topological polar surface area (TPSA) is 82.2 Å². The number of amides is 1. The molecule has 0 aliphatic rings. The number of anilines is 1. The number of hydrogen-bond acceptors (Lipinski definition) is 6. The van der Waals surface area contributed by atoms with Crippen LogP contribution in [0.5, 0.6) is 11.5 Å². The Morgan fingerprint density at radius 3 is 2.60 bits per heavy atom. The van der Waals surface area contributed by atoms with Gasteiger partial charge in [0, 0.05) is 23.7 Å². The summed E-state index contributed by atoms with van der Waals surface area (Å²) in [5.41, 5.74) is 2.22. The van der Waals surface area contributed by atoms with Crippen LogP contribution in [-0.2, 0) is 7.05 Å². The highest BCUT2D eigenvalue weighted by atomic mass is 79.9. The van der Waals surface area contributed by atoms with Crippen molar-refractivity contribution in [3.05, 3.63) is 82.8 Å². The molecule has 0 bridgehead atoms. The second kappa shape index (κ2) is 9.55. The number of carbonyl (C=O) groups excluding carboxylic acids is 1. The Kier molecular flexibility index (Phi) is 6.31. The molecule has 176 valence electrons. The van der Waals surface area contributed by atoms with Crippen molar-refractivity contribution >= 4 is 50.2 Å². The van der Waals surface area contributed by atoms with E-state index in [1.807, 2.05) is 19.2 Å². The van der Waals surface area contributed by atoms with Crippen molar-refractivity contribution < 1.29 is 18.3 Å². The summed E-state index contributed by atoms with van der Waals surface area (Å²) in [7, 11) is 1.88. The molecule has 0 fully saturated rings. The molecule has 10 heteroatoms. The lowest BCUT2D eigenvalue weighted by molar-refractivity contribution is 0.102. The molecule has 3 aromatic carbocycles. The number of nitrogens with one attached hydrogen (secondary N) is 1. The molecule has 0 saturated heterocycles. The van der Waals surface area contributed by atoms with E-state index < -0.39 is 5.91 Å². The minimum Gasteiger partial charge on any atom is -0.456 e. The first-order chi connectivity index (χ1) is 16.9. The molecule has 0 radical (unpaired) electrons. The first kappa shape index (κ1) is 23.1. The molecular formula is C25H18BrFN4O3S. The Balaban J connectivity index is 1.34. The molecule has 7 nitrogen and oxygen atoms in total. The number of thioether (sulfide) groups is 1. The Labute approximate surface area is 212 Å². The van der Waals surface area contributed by atoms with Crippen molar-refractivity contribution in [1.82, 2.24) is 14.8 Å². The minimum absolute atomic E-state index is 0.120. The quantitative estimate of drug-likeness (QED) is 0.231. The average Bonchev–Trinajstić information content (AvgIpc) is 3.45. The zero-order valence-corrected chi connectivity index (χ0v) is 21.0. The standard InChI is InChI=1S/C25H18BrFN4O3S/c1-31-20-12-19(26)21(11-15(20)13-28-31)33-18-9-7-17(8-10-18)29-24(32)22-23(34-25(30-22)35-2)14-3-5-16(27)6-4-14/h3-13H,1-2H3,(H,29,32). The van der Waals surface area contributed by atoms with Gasteiger partial charge in [-0.2, -0.15) is 10.1 Å². The lowest BCUT2D eigenvalue weighted by atomic mass is 10.1. The first-order valence-electron chi connectivity index (χ1n) is 10.4. The lowest BCUT2D eigenvalue weighted by Crippen LogP contribution is -2.13. The van der Waals surface area contributed by atoms with E-state index in [0.29, 0.717) is 28.0 Å². The summed E-state index contributed by atoms with van der Waals surface area (Å²) >= 11 is 4.82.